The minimum atomic E-state index is -0.411. The van der Waals surface area contributed by atoms with Gasteiger partial charge in [0.15, 0.2) is 0 Å². The van der Waals surface area contributed by atoms with Gasteiger partial charge in [-0.3, -0.25) is 0 Å². The van der Waals surface area contributed by atoms with Crippen LogP contribution < -0.4 is 10.1 Å². The van der Waals surface area contributed by atoms with Gasteiger partial charge in [0.2, 0.25) is 5.95 Å². The van der Waals surface area contributed by atoms with E-state index in [4.69, 9.17) is 27.9 Å². The van der Waals surface area contributed by atoms with Gasteiger partial charge >= 0.3 is 0 Å². The van der Waals surface area contributed by atoms with Crippen LogP contribution >= 0.6 is 23.2 Å². The van der Waals surface area contributed by atoms with Gasteiger partial charge in [0, 0.05) is 29.7 Å². The van der Waals surface area contributed by atoms with Gasteiger partial charge in [-0.25, -0.2) is 9.07 Å². The second-order valence-electron chi connectivity index (χ2n) is 5.22. The van der Waals surface area contributed by atoms with Crippen molar-refractivity contribution in [2.24, 2.45) is 7.05 Å². The summed E-state index contributed by atoms with van der Waals surface area (Å²) in [5, 5.41) is 15.1. The Hall–Kier alpha value is -2.38. The van der Waals surface area contributed by atoms with E-state index in [0.29, 0.717) is 33.9 Å². The topological polar surface area (TPSA) is 64.9 Å². The number of anilines is 1. The third-order valence-electron chi connectivity index (χ3n) is 3.51. The van der Waals surface area contributed by atoms with Gasteiger partial charge in [-0.1, -0.05) is 34.4 Å². The molecule has 0 bridgehead atoms. The normalized spacial score (nSPS) is 10.7. The maximum atomic E-state index is 13.9. The van der Waals surface area contributed by atoms with E-state index in [1.54, 1.807) is 37.4 Å². The van der Waals surface area contributed by atoms with Gasteiger partial charge in [0.05, 0.1) is 5.02 Å². The van der Waals surface area contributed by atoms with Gasteiger partial charge in [0.1, 0.15) is 18.2 Å². The van der Waals surface area contributed by atoms with Crippen molar-refractivity contribution in [2.75, 3.05) is 5.32 Å². The summed E-state index contributed by atoms with van der Waals surface area (Å²) in [7, 11) is 1.72. The maximum Gasteiger partial charge on any atom is 0.242 e. The molecule has 0 spiro atoms. The lowest BCUT2D eigenvalue weighted by atomic mass is 10.2. The summed E-state index contributed by atoms with van der Waals surface area (Å²) in [5.74, 6) is 0.653. The van der Waals surface area contributed by atoms with Crippen LogP contribution in [0.2, 0.25) is 10.0 Å². The van der Waals surface area contributed by atoms with E-state index in [-0.39, 0.29) is 6.61 Å². The first-order chi connectivity index (χ1) is 12.0. The first-order valence-corrected chi connectivity index (χ1v) is 8.10. The monoisotopic (exact) mass is 381 g/mol. The minimum absolute atomic E-state index is 0.00561. The number of tetrazole rings is 1. The lowest BCUT2D eigenvalue weighted by molar-refractivity contribution is 0.297. The summed E-state index contributed by atoms with van der Waals surface area (Å²) in [6.45, 7) is 0.390. The highest BCUT2D eigenvalue weighted by Crippen LogP contribution is 2.26. The molecular formula is C16H14Cl2FN5O. The first-order valence-electron chi connectivity index (χ1n) is 7.35. The predicted octanol–water partition coefficient (Wildman–Crippen LogP) is 3.85. The molecular weight excluding hydrogens is 368 g/mol. The highest BCUT2D eigenvalue weighted by molar-refractivity contribution is 6.31. The average molecular weight is 382 g/mol. The standard InChI is InChI=1S/C16H14Cl2FN5O/c1-24-16(21-22-23-24)20-8-10-7-11(17)5-6-15(10)25-9-12-13(18)3-2-4-14(12)19/h2-7H,8-9H2,1H3,(H,20,21,23). The molecule has 3 rings (SSSR count). The van der Waals surface area contributed by atoms with Crippen molar-refractivity contribution in [1.29, 1.82) is 0 Å². The highest BCUT2D eigenvalue weighted by Gasteiger charge is 2.11. The van der Waals surface area contributed by atoms with Crippen molar-refractivity contribution >= 4 is 29.2 Å². The van der Waals surface area contributed by atoms with Gasteiger partial charge in [-0.2, -0.15) is 0 Å². The number of ether oxygens (including phenoxy) is 1. The van der Waals surface area contributed by atoms with Crippen LogP contribution in [0.3, 0.4) is 0 Å². The Morgan fingerprint density at radius 3 is 2.80 bits per heavy atom. The molecule has 130 valence electrons. The number of nitrogens with zero attached hydrogens (tertiary/aromatic N) is 4. The van der Waals surface area contributed by atoms with Crippen molar-refractivity contribution < 1.29 is 9.13 Å². The van der Waals surface area contributed by atoms with E-state index in [2.05, 4.69) is 20.8 Å². The van der Waals surface area contributed by atoms with Crippen molar-refractivity contribution in [3.63, 3.8) is 0 Å². The van der Waals surface area contributed by atoms with E-state index < -0.39 is 5.82 Å². The second kappa shape index (κ2) is 7.67. The Morgan fingerprint density at radius 2 is 2.08 bits per heavy atom. The molecule has 0 saturated heterocycles. The van der Waals surface area contributed by atoms with Gasteiger partial charge in [-0.15, -0.1) is 0 Å². The molecule has 0 amide bonds. The quantitative estimate of drug-likeness (QED) is 0.702. The minimum Gasteiger partial charge on any atom is -0.488 e. The molecule has 0 radical (unpaired) electrons. The van der Waals surface area contributed by atoms with Crippen LogP contribution in [0.4, 0.5) is 10.3 Å². The molecule has 0 saturated carbocycles. The van der Waals surface area contributed by atoms with Crippen molar-refractivity contribution in [2.45, 2.75) is 13.2 Å². The number of nitrogens with one attached hydrogen (secondary N) is 1. The van der Waals surface area contributed by atoms with Crippen LogP contribution in [0.25, 0.3) is 0 Å². The van der Waals surface area contributed by atoms with Gasteiger partial charge in [-0.05, 0) is 40.8 Å². The number of aryl methyl sites for hydroxylation is 1. The molecule has 2 aromatic carbocycles. The molecule has 0 aliphatic rings. The largest absolute Gasteiger partial charge is 0.488 e. The summed E-state index contributed by atoms with van der Waals surface area (Å²) in [5.41, 5.74) is 1.08. The van der Waals surface area contributed by atoms with Crippen LogP contribution in [0.1, 0.15) is 11.1 Å². The lowest BCUT2D eigenvalue weighted by Crippen LogP contribution is -2.08. The third kappa shape index (κ3) is 4.18. The molecule has 0 unspecified atom stereocenters. The second-order valence-corrected chi connectivity index (χ2v) is 6.06. The maximum absolute atomic E-state index is 13.9. The van der Waals surface area contributed by atoms with Crippen LogP contribution in [-0.2, 0) is 20.2 Å². The number of aromatic nitrogens is 4. The highest BCUT2D eigenvalue weighted by atomic mass is 35.5. The molecule has 0 aliphatic carbocycles. The molecule has 1 N–H and O–H groups in total. The van der Waals surface area contributed by atoms with Crippen molar-refractivity contribution in [3.8, 4) is 5.75 Å². The van der Waals surface area contributed by atoms with Crippen LogP contribution in [0, 0.1) is 5.82 Å². The zero-order valence-electron chi connectivity index (χ0n) is 13.2. The molecule has 9 heteroatoms. The first kappa shape index (κ1) is 17.4. The zero-order chi connectivity index (χ0) is 17.8. The predicted molar refractivity (Wildman–Crippen MR) is 93.3 cm³/mol. The van der Waals surface area contributed by atoms with Crippen molar-refractivity contribution in [3.05, 3.63) is 63.4 Å². The number of hydrogen-bond donors (Lipinski definition) is 1. The summed E-state index contributed by atoms with van der Waals surface area (Å²) in [4.78, 5) is 0. The van der Waals surface area contributed by atoms with E-state index in [9.17, 15) is 4.39 Å². The number of benzene rings is 2. The number of hydrogen-bond acceptors (Lipinski definition) is 5. The Morgan fingerprint density at radius 1 is 1.24 bits per heavy atom. The molecule has 25 heavy (non-hydrogen) atoms. The van der Waals surface area contributed by atoms with Gasteiger partial charge in [0.25, 0.3) is 0 Å². The Bertz CT molecular complexity index is 866. The molecule has 1 heterocycles. The van der Waals surface area contributed by atoms with E-state index in [1.807, 2.05) is 0 Å². The van der Waals surface area contributed by atoms with Crippen LogP contribution in [0.15, 0.2) is 36.4 Å². The van der Waals surface area contributed by atoms with Crippen LogP contribution in [-0.4, -0.2) is 20.2 Å². The molecule has 0 fully saturated rings. The molecule has 1 aromatic heterocycles. The molecule has 0 atom stereocenters. The smallest absolute Gasteiger partial charge is 0.242 e. The number of rotatable bonds is 6. The number of halogens is 3. The summed E-state index contributed by atoms with van der Waals surface area (Å²) in [6, 6.07) is 9.70. The van der Waals surface area contributed by atoms with E-state index in [0.717, 1.165) is 5.56 Å². The Balaban J connectivity index is 1.76. The Kier molecular flexibility index (Phi) is 5.35. The fourth-order valence-corrected chi connectivity index (χ4v) is 2.61. The lowest BCUT2D eigenvalue weighted by Gasteiger charge is -2.14. The SMILES string of the molecule is Cn1nnnc1NCc1cc(Cl)ccc1OCc1c(F)cccc1Cl. The zero-order valence-corrected chi connectivity index (χ0v) is 14.7. The fourth-order valence-electron chi connectivity index (χ4n) is 2.20. The third-order valence-corrected chi connectivity index (χ3v) is 4.10. The van der Waals surface area contributed by atoms with E-state index >= 15 is 0 Å². The van der Waals surface area contributed by atoms with Crippen LogP contribution in [0.5, 0.6) is 5.75 Å². The fraction of sp³-hybridized carbons (Fsp3) is 0.188. The summed E-state index contributed by atoms with van der Waals surface area (Å²) in [6.07, 6.45) is 0. The van der Waals surface area contributed by atoms with Crippen molar-refractivity contribution in [1.82, 2.24) is 20.2 Å². The molecule has 6 nitrogen and oxygen atoms in total. The van der Waals surface area contributed by atoms with E-state index in [1.165, 1.54) is 10.7 Å². The molecule has 3 aromatic rings. The Labute approximate surface area is 153 Å². The molecule has 0 aliphatic heterocycles. The summed E-state index contributed by atoms with van der Waals surface area (Å²) >= 11 is 12.1. The average Bonchev–Trinajstić information content (AvgIpc) is 2.99. The van der Waals surface area contributed by atoms with Gasteiger partial charge < -0.3 is 10.1 Å². The summed E-state index contributed by atoms with van der Waals surface area (Å²) < 4.78 is 21.1.